The van der Waals surface area contributed by atoms with Crippen LogP contribution in [0, 0.1) is 12.7 Å². The molecule has 1 heterocycles. The summed E-state index contributed by atoms with van der Waals surface area (Å²) in [5.41, 5.74) is 2.05. The van der Waals surface area contributed by atoms with Gasteiger partial charge in [0, 0.05) is 10.7 Å². The molecule has 2 amide bonds. The highest BCUT2D eigenvalue weighted by Crippen LogP contribution is 2.36. The van der Waals surface area contributed by atoms with E-state index >= 15 is 0 Å². The quantitative estimate of drug-likeness (QED) is 0.437. The van der Waals surface area contributed by atoms with Gasteiger partial charge in [0.2, 0.25) is 0 Å². The normalized spacial score (nSPS) is 13.6. The molecule has 0 spiro atoms. The van der Waals surface area contributed by atoms with Gasteiger partial charge in [-0.15, -0.1) is 0 Å². The lowest BCUT2D eigenvalue weighted by atomic mass is 10.0. The molecule has 0 radical (unpaired) electrons. The van der Waals surface area contributed by atoms with Crippen molar-refractivity contribution in [1.29, 1.82) is 0 Å². The van der Waals surface area contributed by atoms with Gasteiger partial charge >= 0.3 is 0 Å². The molecule has 1 N–H and O–H groups in total. The largest absolute Gasteiger partial charge is 0.494 e. The summed E-state index contributed by atoms with van der Waals surface area (Å²) in [6.07, 6.45) is 0.867. The highest BCUT2D eigenvalue weighted by Gasteiger charge is 2.41. The number of carbonyl (C=O) groups excluding carboxylic acids is 2. The Morgan fingerprint density at radius 1 is 1.00 bits per heavy atom. The molecule has 0 fully saturated rings. The number of aryl methyl sites for hydroxylation is 1. The summed E-state index contributed by atoms with van der Waals surface area (Å²) in [5.74, 6) is -1.25. The number of amides is 2. The molecule has 0 aliphatic carbocycles. The van der Waals surface area contributed by atoms with Crippen LogP contribution in [0.4, 0.5) is 15.8 Å². The maximum Gasteiger partial charge on any atom is 0.282 e. The number of carbonyl (C=O) groups is 2. The minimum absolute atomic E-state index is 0.0657. The third kappa shape index (κ3) is 4.47. The van der Waals surface area contributed by atoms with Crippen molar-refractivity contribution in [3.8, 4) is 5.75 Å². The van der Waals surface area contributed by atoms with E-state index in [1.165, 1.54) is 18.2 Å². The molecule has 1 aliphatic rings. The maximum atomic E-state index is 14.5. The number of rotatable bonds is 7. The molecule has 4 rings (SSSR count). The molecule has 7 heteroatoms. The minimum Gasteiger partial charge on any atom is -0.494 e. The predicted octanol–water partition coefficient (Wildman–Crippen LogP) is 5.97. The molecule has 168 valence electrons. The monoisotopic (exact) mass is 464 g/mol. The molecule has 0 atom stereocenters. The zero-order valence-electron chi connectivity index (χ0n) is 18.2. The van der Waals surface area contributed by atoms with Crippen LogP contribution in [0.2, 0.25) is 5.02 Å². The molecule has 0 saturated carbocycles. The van der Waals surface area contributed by atoms with Gasteiger partial charge in [-0.3, -0.25) is 9.59 Å². The third-order valence-electron chi connectivity index (χ3n) is 5.24. The molecule has 0 bridgehead atoms. The Morgan fingerprint density at radius 3 is 2.39 bits per heavy atom. The van der Waals surface area contributed by atoms with Crippen LogP contribution in [0.5, 0.6) is 5.75 Å². The minimum atomic E-state index is -0.661. The van der Waals surface area contributed by atoms with Crippen LogP contribution in [-0.2, 0) is 9.59 Å². The Kier molecular flexibility index (Phi) is 6.47. The van der Waals surface area contributed by atoms with E-state index in [0.717, 1.165) is 16.9 Å². The fourth-order valence-corrected chi connectivity index (χ4v) is 3.83. The van der Waals surface area contributed by atoms with Crippen LogP contribution in [0.15, 0.2) is 72.4 Å². The van der Waals surface area contributed by atoms with Gasteiger partial charge < -0.3 is 10.1 Å². The van der Waals surface area contributed by atoms with Crippen molar-refractivity contribution in [3.63, 3.8) is 0 Å². The van der Waals surface area contributed by atoms with E-state index in [2.05, 4.69) is 5.32 Å². The summed E-state index contributed by atoms with van der Waals surface area (Å²) in [4.78, 5) is 27.7. The molecule has 3 aromatic carbocycles. The number of anilines is 2. The summed E-state index contributed by atoms with van der Waals surface area (Å²) in [6, 6.07) is 17.8. The zero-order chi connectivity index (χ0) is 23.5. The standard InChI is InChI=1S/C26H22ClFN2O3/c1-3-14-33-19-11-8-17(9-12-19)23-24(29-21-13-10-18(27)15-16(21)2)26(32)30(25(23)31)22-7-5-4-6-20(22)28/h4-13,15,29H,3,14H2,1-2H3. The first-order chi connectivity index (χ1) is 15.9. The summed E-state index contributed by atoms with van der Waals surface area (Å²) in [6.45, 7) is 4.42. The van der Waals surface area contributed by atoms with Gasteiger partial charge in [0.05, 0.1) is 17.9 Å². The Balaban J connectivity index is 1.80. The van der Waals surface area contributed by atoms with Crippen LogP contribution in [0.1, 0.15) is 24.5 Å². The van der Waals surface area contributed by atoms with Crippen molar-refractivity contribution in [2.45, 2.75) is 20.3 Å². The highest BCUT2D eigenvalue weighted by atomic mass is 35.5. The molecule has 3 aromatic rings. The number of para-hydroxylation sites is 1. The summed E-state index contributed by atoms with van der Waals surface area (Å²) < 4.78 is 20.2. The smallest absolute Gasteiger partial charge is 0.282 e. The van der Waals surface area contributed by atoms with E-state index in [0.29, 0.717) is 28.6 Å². The molecule has 0 aromatic heterocycles. The van der Waals surface area contributed by atoms with E-state index in [9.17, 15) is 14.0 Å². The van der Waals surface area contributed by atoms with E-state index in [-0.39, 0.29) is 17.0 Å². The lowest BCUT2D eigenvalue weighted by Gasteiger charge is -2.16. The van der Waals surface area contributed by atoms with Crippen LogP contribution < -0.4 is 15.0 Å². The highest BCUT2D eigenvalue weighted by molar-refractivity contribution is 6.46. The predicted molar refractivity (Wildman–Crippen MR) is 128 cm³/mol. The molecule has 5 nitrogen and oxygen atoms in total. The van der Waals surface area contributed by atoms with Crippen LogP contribution in [-0.4, -0.2) is 18.4 Å². The Morgan fingerprint density at radius 2 is 1.73 bits per heavy atom. The van der Waals surface area contributed by atoms with Gasteiger partial charge in [-0.05, 0) is 66.9 Å². The van der Waals surface area contributed by atoms with Gasteiger partial charge in [-0.25, -0.2) is 9.29 Å². The average Bonchev–Trinajstić information content (AvgIpc) is 3.04. The molecular formula is C26H22ClFN2O3. The van der Waals surface area contributed by atoms with Crippen molar-refractivity contribution < 1.29 is 18.7 Å². The number of halogens is 2. The molecular weight excluding hydrogens is 443 g/mol. The van der Waals surface area contributed by atoms with E-state index in [1.54, 1.807) is 48.5 Å². The van der Waals surface area contributed by atoms with Crippen molar-refractivity contribution in [3.05, 3.63) is 94.4 Å². The number of ether oxygens (including phenoxy) is 1. The van der Waals surface area contributed by atoms with Gasteiger partial charge in [0.25, 0.3) is 11.8 Å². The number of nitrogens with zero attached hydrogens (tertiary/aromatic N) is 1. The fourth-order valence-electron chi connectivity index (χ4n) is 3.61. The van der Waals surface area contributed by atoms with Gasteiger partial charge in [0.1, 0.15) is 17.3 Å². The van der Waals surface area contributed by atoms with Crippen LogP contribution in [0.25, 0.3) is 5.57 Å². The summed E-state index contributed by atoms with van der Waals surface area (Å²) in [5, 5.41) is 3.64. The zero-order valence-corrected chi connectivity index (χ0v) is 18.9. The number of hydrogen-bond donors (Lipinski definition) is 1. The Labute approximate surface area is 196 Å². The first kappa shape index (κ1) is 22.6. The number of hydrogen-bond acceptors (Lipinski definition) is 4. The second-order valence-electron chi connectivity index (χ2n) is 7.60. The fraction of sp³-hybridized carbons (Fsp3) is 0.154. The SMILES string of the molecule is CCCOc1ccc(C2=C(Nc3ccc(Cl)cc3C)C(=O)N(c3ccccc3F)C2=O)cc1. The Hall–Kier alpha value is -3.64. The number of nitrogens with one attached hydrogen (secondary N) is 1. The second kappa shape index (κ2) is 9.46. The van der Waals surface area contributed by atoms with Crippen molar-refractivity contribution in [2.75, 3.05) is 16.8 Å². The molecule has 1 aliphatic heterocycles. The first-order valence-corrected chi connectivity index (χ1v) is 10.9. The van der Waals surface area contributed by atoms with Crippen molar-refractivity contribution in [1.82, 2.24) is 0 Å². The Bertz CT molecular complexity index is 1250. The van der Waals surface area contributed by atoms with Gasteiger partial charge in [0.15, 0.2) is 0 Å². The van der Waals surface area contributed by atoms with Crippen LogP contribution in [0.3, 0.4) is 0 Å². The summed E-state index contributed by atoms with van der Waals surface area (Å²) in [7, 11) is 0. The van der Waals surface area contributed by atoms with Gasteiger partial charge in [-0.1, -0.05) is 42.8 Å². The van der Waals surface area contributed by atoms with E-state index < -0.39 is 17.6 Å². The van der Waals surface area contributed by atoms with E-state index in [4.69, 9.17) is 16.3 Å². The van der Waals surface area contributed by atoms with Crippen molar-refractivity contribution >= 4 is 40.4 Å². The van der Waals surface area contributed by atoms with Gasteiger partial charge in [-0.2, -0.15) is 0 Å². The first-order valence-electron chi connectivity index (χ1n) is 10.5. The van der Waals surface area contributed by atoms with E-state index in [1.807, 2.05) is 13.8 Å². The molecule has 0 unspecified atom stereocenters. The third-order valence-corrected chi connectivity index (χ3v) is 5.48. The van der Waals surface area contributed by atoms with Crippen molar-refractivity contribution in [2.24, 2.45) is 0 Å². The lowest BCUT2D eigenvalue weighted by Crippen LogP contribution is -2.33. The molecule has 0 saturated heterocycles. The number of benzene rings is 3. The number of imide groups is 1. The molecule has 33 heavy (non-hydrogen) atoms. The summed E-state index contributed by atoms with van der Waals surface area (Å²) >= 11 is 6.06. The topological polar surface area (TPSA) is 58.6 Å². The van der Waals surface area contributed by atoms with Crippen LogP contribution >= 0.6 is 11.6 Å². The maximum absolute atomic E-state index is 14.5. The second-order valence-corrected chi connectivity index (χ2v) is 8.04. The average molecular weight is 465 g/mol. The lowest BCUT2D eigenvalue weighted by molar-refractivity contribution is -0.120.